The van der Waals surface area contributed by atoms with E-state index < -0.39 is 0 Å². The van der Waals surface area contributed by atoms with E-state index in [0.29, 0.717) is 6.04 Å². The van der Waals surface area contributed by atoms with Crippen molar-refractivity contribution in [2.45, 2.75) is 45.1 Å². The lowest BCUT2D eigenvalue weighted by atomic mass is 9.86. The highest BCUT2D eigenvalue weighted by atomic mass is 15.1. The molecule has 19 heavy (non-hydrogen) atoms. The standard InChI is InChI=1S/C17H28N2/c1-14-4-3-5-15(12-14)10-11-19(2)13-16-6-8-17(18)9-7-16/h3-5,12,16-17H,6-11,13,18H2,1-2H3. The summed E-state index contributed by atoms with van der Waals surface area (Å²) in [5, 5.41) is 0. The number of rotatable bonds is 5. The first-order valence-corrected chi connectivity index (χ1v) is 7.63. The van der Waals surface area contributed by atoms with Gasteiger partial charge < -0.3 is 10.6 Å². The molecule has 0 bridgehead atoms. The maximum absolute atomic E-state index is 5.96. The van der Waals surface area contributed by atoms with Gasteiger partial charge in [-0.1, -0.05) is 29.8 Å². The number of likely N-dealkylation sites (N-methyl/N-ethyl adjacent to an activating group) is 1. The summed E-state index contributed by atoms with van der Waals surface area (Å²) in [5.74, 6) is 0.863. The second-order valence-electron chi connectivity index (χ2n) is 6.28. The van der Waals surface area contributed by atoms with Crippen molar-refractivity contribution in [1.29, 1.82) is 0 Å². The van der Waals surface area contributed by atoms with Gasteiger partial charge >= 0.3 is 0 Å². The average Bonchev–Trinajstić information content (AvgIpc) is 2.39. The molecule has 1 aliphatic carbocycles. The van der Waals surface area contributed by atoms with Gasteiger partial charge in [0.05, 0.1) is 0 Å². The fourth-order valence-corrected chi connectivity index (χ4v) is 3.09. The lowest BCUT2D eigenvalue weighted by molar-refractivity contribution is 0.225. The molecule has 1 aromatic rings. The average molecular weight is 260 g/mol. The van der Waals surface area contributed by atoms with Gasteiger partial charge in [-0.15, -0.1) is 0 Å². The zero-order valence-corrected chi connectivity index (χ0v) is 12.4. The van der Waals surface area contributed by atoms with Crippen molar-refractivity contribution >= 4 is 0 Å². The predicted molar refractivity (Wildman–Crippen MR) is 82.3 cm³/mol. The van der Waals surface area contributed by atoms with Gasteiger partial charge in [0.2, 0.25) is 0 Å². The zero-order chi connectivity index (χ0) is 13.7. The minimum Gasteiger partial charge on any atom is -0.328 e. The monoisotopic (exact) mass is 260 g/mol. The van der Waals surface area contributed by atoms with Crippen molar-refractivity contribution in [3.05, 3.63) is 35.4 Å². The second-order valence-corrected chi connectivity index (χ2v) is 6.28. The van der Waals surface area contributed by atoms with Crippen LogP contribution in [0.3, 0.4) is 0 Å². The molecule has 2 heteroatoms. The van der Waals surface area contributed by atoms with Gasteiger partial charge in [0.25, 0.3) is 0 Å². The number of hydrogen-bond acceptors (Lipinski definition) is 2. The van der Waals surface area contributed by atoms with Gasteiger partial charge in [0.15, 0.2) is 0 Å². The Morgan fingerprint density at radius 1 is 1.21 bits per heavy atom. The molecule has 0 amide bonds. The first kappa shape index (κ1) is 14.5. The third-order valence-corrected chi connectivity index (χ3v) is 4.33. The summed E-state index contributed by atoms with van der Waals surface area (Å²) in [4.78, 5) is 2.49. The van der Waals surface area contributed by atoms with Crippen LogP contribution in [-0.2, 0) is 6.42 Å². The Kier molecular flexibility index (Phi) is 5.41. The smallest absolute Gasteiger partial charge is 0.00390 e. The van der Waals surface area contributed by atoms with Crippen LogP contribution in [-0.4, -0.2) is 31.1 Å². The van der Waals surface area contributed by atoms with Crippen molar-refractivity contribution in [2.24, 2.45) is 11.7 Å². The number of nitrogens with zero attached hydrogens (tertiary/aromatic N) is 1. The molecule has 0 unspecified atom stereocenters. The fraction of sp³-hybridized carbons (Fsp3) is 0.647. The Morgan fingerprint density at radius 2 is 1.95 bits per heavy atom. The molecule has 0 aliphatic heterocycles. The Bertz CT molecular complexity index is 381. The largest absolute Gasteiger partial charge is 0.328 e. The Hall–Kier alpha value is -0.860. The van der Waals surface area contributed by atoms with E-state index in [1.54, 1.807) is 0 Å². The molecule has 2 rings (SSSR count). The minimum atomic E-state index is 0.467. The third-order valence-electron chi connectivity index (χ3n) is 4.33. The maximum Gasteiger partial charge on any atom is 0.00390 e. The molecule has 1 aromatic carbocycles. The van der Waals surface area contributed by atoms with Crippen molar-refractivity contribution in [3.63, 3.8) is 0 Å². The lowest BCUT2D eigenvalue weighted by Gasteiger charge is -2.29. The second kappa shape index (κ2) is 7.06. The van der Waals surface area contributed by atoms with E-state index in [4.69, 9.17) is 5.73 Å². The molecule has 1 saturated carbocycles. The third kappa shape index (κ3) is 4.96. The van der Waals surface area contributed by atoms with E-state index in [9.17, 15) is 0 Å². The van der Waals surface area contributed by atoms with Gasteiger partial charge in [-0.05, 0) is 57.6 Å². The quantitative estimate of drug-likeness (QED) is 0.882. The fourth-order valence-electron chi connectivity index (χ4n) is 3.09. The van der Waals surface area contributed by atoms with Crippen LogP contribution in [0, 0.1) is 12.8 Å². The Balaban J connectivity index is 1.71. The molecular formula is C17H28N2. The van der Waals surface area contributed by atoms with E-state index in [2.05, 4.69) is 43.1 Å². The van der Waals surface area contributed by atoms with E-state index in [1.807, 2.05) is 0 Å². The molecule has 106 valence electrons. The van der Waals surface area contributed by atoms with Crippen LogP contribution in [0.2, 0.25) is 0 Å². The molecular weight excluding hydrogens is 232 g/mol. The first-order chi connectivity index (χ1) is 9.13. The highest BCUT2D eigenvalue weighted by molar-refractivity contribution is 5.22. The topological polar surface area (TPSA) is 29.3 Å². The summed E-state index contributed by atoms with van der Waals surface area (Å²) in [6.45, 7) is 4.56. The predicted octanol–water partition coefficient (Wildman–Crippen LogP) is 2.99. The van der Waals surface area contributed by atoms with Crippen LogP contribution >= 0.6 is 0 Å². The molecule has 2 N–H and O–H groups in total. The SMILES string of the molecule is Cc1cccc(CCN(C)CC2CCC(N)CC2)c1. The van der Waals surface area contributed by atoms with Crippen molar-refractivity contribution in [1.82, 2.24) is 4.90 Å². The summed E-state index contributed by atoms with van der Waals surface area (Å²) < 4.78 is 0. The van der Waals surface area contributed by atoms with Gasteiger partial charge in [-0.3, -0.25) is 0 Å². The molecule has 0 aromatic heterocycles. The molecule has 0 spiro atoms. The van der Waals surface area contributed by atoms with E-state index in [-0.39, 0.29) is 0 Å². The van der Waals surface area contributed by atoms with E-state index >= 15 is 0 Å². The van der Waals surface area contributed by atoms with Crippen molar-refractivity contribution in [2.75, 3.05) is 20.1 Å². The van der Waals surface area contributed by atoms with Gasteiger partial charge in [0.1, 0.15) is 0 Å². The summed E-state index contributed by atoms with van der Waals surface area (Å²) in [7, 11) is 2.25. The minimum absolute atomic E-state index is 0.467. The maximum atomic E-state index is 5.96. The van der Waals surface area contributed by atoms with Gasteiger partial charge in [-0.2, -0.15) is 0 Å². The Morgan fingerprint density at radius 3 is 2.63 bits per heavy atom. The van der Waals surface area contributed by atoms with Crippen LogP contribution < -0.4 is 5.73 Å². The van der Waals surface area contributed by atoms with Crippen LogP contribution in [0.15, 0.2) is 24.3 Å². The number of aryl methyl sites for hydroxylation is 1. The van der Waals surface area contributed by atoms with Crippen LogP contribution in [0.1, 0.15) is 36.8 Å². The molecule has 0 heterocycles. The summed E-state index contributed by atoms with van der Waals surface area (Å²) >= 11 is 0. The van der Waals surface area contributed by atoms with Crippen molar-refractivity contribution < 1.29 is 0 Å². The molecule has 1 aliphatic rings. The Labute approximate surface area is 118 Å². The van der Waals surface area contributed by atoms with Gasteiger partial charge in [-0.25, -0.2) is 0 Å². The summed E-state index contributed by atoms with van der Waals surface area (Å²) in [6.07, 6.45) is 6.23. The normalized spacial score (nSPS) is 23.8. The molecule has 0 radical (unpaired) electrons. The van der Waals surface area contributed by atoms with Crippen molar-refractivity contribution in [3.8, 4) is 0 Å². The highest BCUT2D eigenvalue weighted by Gasteiger charge is 2.19. The summed E-state index contributed by atoms with van der Waals surface area (Å²) in [5.41, 5.74) is 8.78. The lowest BCUT2D eigenvalue weighted by Crippen LogP contribution is -2.33. The first-order valence-electron chi connectivity index (χ1n) is 7.63. The van der Waals surface area contributed by atoms with Crippen LogP contribution in [0.25, 0.3) is 0 Å². The molecule has 0 saturated heterocycles. The number of benzene rings is 1. The van der Waals surface area contributed by atoms with Crippen LogP contribution in [0.4, 0.5) is 0 Å². The van der Waals surface area contributed by atoms with E-state index in [0.717, 1.165) is 18.9 Å². The zero-order valence-electron chi connectivity index (χ0n) is 12.4. The van der Waals surface area contributed by atoms with Gasteiger partial charge in [0, 0.05) is 19.1 Å². The van der Waals surface area contributed by atoms with Crippen LogP contribution in [0.5, 0.6) is 0 Å². The van der Waals surface area contributed by atoms with E-state index in [1.165, 1.54) is 43.4 Å². The summed E-state index contributed by atoms with van der Waals surface area (Å²) in [6, 6.07) is 9.33. The number of hydrogen-bond donors (Lipinski definition) is 1. The molecule has 1 fully saturated rings. The number of nitrogens with two attached hydrogens (primary N) is 1. The molecule has 2 nitrogen and oxygen atoms in total. The molecule has 0 atom stereocenters. The highest BCUT2D eigenvalue weighted by Crippen LogP contribution is 2.23.